The van der Waals surface area contributed by atoms with E-state index >= 15 is 0 Å². The Morgan fingerprint density at radius 1 is 1.62 bits per heavy atom. The predicted octanol–water partition coefficient (Wildman–Crippen LogP) is 1.43. The van der Waals surface area contributed by atoms with Crippen LogP contribution in [0.4, 0.5) is 0 Å². The molecule has 1 fully saturated rings. The summed E-state index contributed by atoms with van der Waals surface area (Å²) in [7, 11) is 0. The minimum absolute atomic E-state index is 0.0968. The highest BCUT2D eigenvalue weighted by Crippen LogP contribution is 2.31. The van der Waals surface area contributed by atoms with Gasteiger partial charge in [0.05, 0.1) is 6.04 Å². The number of nitrogens with two attached hydrogens (primary N) is 1. The summed E-state index contributed by atoms with van der Waals surface area (Å²) in [4.78, 5) is 4.26. The second-order valence-electron chi connectivity index (χ2n) is 3.71. The second-order valence-corrected chi connectivity index (χ2v) is 3.71. The van der Waals surface area contributed by atoms with Crippen LogP contribution in [0.2, 0.25) is 0 Å². The lowest BCUT2D eigenvalue weighted by Gasteiger charge is -1.98. The van der Waals surface area contributed by atoms with Gasteiger partial charge in [-0.3, -0.25) is 0 Å². The molecule has 13 heavy (non-hydrogen) atoms. The van der Waals surface area contributed by atoms with Crippen LogP contribution in [0.3, 0.4) is 0 Å². The summed E-state index contributed by atoms with van der Waals surface area (Å²) in [6.07, 6.45) is 4.42. The molecule has 0 aromatic carbocycles. The first-order chi connectivity index (χ1) is 6.29. The van der Waals surface area contributed by atoms with E-state index in [1.165, 1.54) is 12.8 Å². The summed E-state index contributed by atoms with van der Waals surface area (Å²) in [6, 6.07) is -0.0968. The Morgan fingerprint density at radius 2 is 2.38 bits per heavy atom. The van der Waals surface area contributed by atoms with Crippen molar-refractivity contribution >= 4 is 0 Å². The fourth-order valence-electron chi connectivity index (χ4n) is 1.26. The molecule has 0 aliphatic heterocycles. The Kier molecular flexibility index (Phi) is 2.31. The molecule has 4 nitrogen and oxygen atoms in total. The maximum atomic E-state index is 5.76. The van der Waals surface area contributed by atoms with Gasteiger partial charge in [-0.2, -0.15) is 4.98 Å². The molecule has 4 heteroatoms. The van der Waals surface area contributed by atoms with Crippen molar-refractivity contribution in [2.24, 2.45) is 11.7 Å². The Balaban J connectivity index is 1.99. The third kappa shape index (κ3) is 2.06. The summed E-state index contributed by atoms with van der Waals surface area (Å²) in [5, 5.41) is 3.90. The van der Waals surface area contributed by atoms with Crippen LogP contribution in [0.25, 0.3) is 0 Å². The predicted molar refractivity (Wildman–Crippen MR) is 47.9 cm³/mol. The number of nitrogens with zero attached hydrogens (tertiary/aromatic N) is 2. The zero-order chi connectivity index (χ0) is 9.26. The molecule has 0 spiro atoms. The van der Waals surface area contributed by atoms with Crippen LogP contribution in [0.1, 0.15) is 43.9 Å². The van der Waals surface area contributed by atoms with Crippen molar-refractivity contribution in [1.29, 1.82) is 0 Å². The monoisotopic (exact) mass is 181 g/mol. The third-order valence-corrected chi connectivity index (χ3v) is 2.41. The zero-order valence-corrected chi connectivity index (χ0v) is 7.86. The normalized spacial score (nSPS) is 18.9. The Morgan fingerprint density at radius 3 is 3.00 bits per heavy atom. The molecule has 1 atom stereocenters. The van der Waals surface area contributed by atoms with Crippen molar-refractivity contribution in [3.05, 3.63) is 11.7 Å². The van der Waals surface area contributed by atoms with E-state index in [0.29, 0.717) is 5.89 Å². The average molecular weight is 181 g/mol. The smallest absolute Gasteiger partial charge is 0.243 e. The van der Waals surface area contributed by atoms with E-state index in [0.717, 1.165) is 24.6 Å². The first kappa shape index (κ1) is 8.69. The first-order valence-electron chi connectivity index (χ1n) is 4.87. The average Bonchev–Trinajstić information content (AvgIpc) is 2.81. The van der Waals surface area contributed by atoms with Gasteiger partial charge in [-0.1, -0.05) is 12.1 Å². The molecule has 2 rings (SSSR count). The van der Waals surface area contributed by atoms with Crippen LogP contribution in [0.15, 0.2) is 4.52 Å². The number of hydrogen-bond acceptors (Lipinski definition) is 4. The molecule has 0 radical (unpaired) electrons. The fourth-order valence-corrected chi connectivity index (χ4v) is 1.26. The van der Waals surface area contributed by atoms with Gasteiger partial charge in [-0.15, -0.1) is 0 Å². The van der Waals surface area contributed by atoms with Gasteiger partial charge in [0, 0.05) is 6.42 Å². The van der Waals surface area contributed by atoms with Gasteiger partial charge in [-0.05, 0) is 25.2 Å². The third-order valence-electron chi connectivity index (χ3n) is 2.41. The summed E-state index contributed by atoms with van der Waals surface area (Å²) in [5.74, 6) is 2.20. The largest absolute Gasteiger partial charge is 0.338 e. The lowest BCUT2D eigenvalue weighted by molar-refractivity contribution is 0.347. The van der Waals surface area contributed by atoms with E-state index in [9.17, 15) is 0 Å². The quantitative estimate of drug-likeness (QED) is 0.763. The standard InChI is InChI=1S/C9H15N3O/c1-2-7(10)9-11-8(12-13-9)5-6-3-4-6/h6-7H,2-5,10H2,1H3/t7-/m0/s1. The number of rotatable bonds is 4. The maximum absolute atomic E-state index is 5.76. The molecule has 72 valence electrons. The number of hydrogen-bond donors (Lipinski definition) is 1. The molecule has 1 heterocycles. The van der Waals surface area contributed by atoms with E-state index in [1.807, 2.05) is 6.92 Å². The maximum Gasteiger partial charge on any atom is 0.243 e. The van der Waals surface area contributed by atoms with Crippen molar-refractivity contribution in [2.75, 3.05) is 0 Å². The Hall–Kier alpha value is -0.900. The highest BCUT2D eigenvalue weighted by Gasteiger charge is 2.24. The van der Waals surface area contributed by atoms with Crippen LogP contribution in [-0.2, 0) is 6.42 Å². The van der Waals surface area contributed by atoms with Crippen LogP contribution in [0.5, 0.6) is 0 Å². The van der Waals surface area contributed by atoms with Gasteiger partial charge < -0.3 is 10.3 Å². The molecule has 1 aromatic heterocycles. The van der Waals surface area contributed by atoms with Crippen molar-refractivity contribution in [1.82, 2.24) is 10.1 Å². The molecular weight excluding hydrogens is 166 g/mol. The van der Waals surface area contributed by atoms with Gasteiger partial charge in [0.2, 0.25) is 5.89 Å². The molecule has 0 bridgehead atoms. The van der Waals surface area contributed by atoms with Crippen LogP contribution in [-0.4, -0.2) is 10.1 Å². The summed E-state index contributed by atoms with van der Waals surface area (Å²) >= 11 is 0. The van der Waals surface area contributed by atoms with E-state index in [2.05, 4.69) is 10.1 Å². The lowest BCUT2D eigenvalue weighted by atomic mass is 10.2. The second kappa shape index (κ2) is 3.46. The Bertz CT molecular complexity index is 280. The minimum atomic E-state index is -0.0968. The van der Waals surface area contributed by atoms with Crippen molar-refractivity contribution in [3.8, 4) is 0 Å². The molecule has 0 amide bonds. The highest BCUT2D eigenvalue weighted by molar-refractivity contribution is 4.94. The molecule has 0 unspecified atom stereocenters. The molecule has 1 aromatic rings. The molecule has 1 aliphatic carbocycles. The summed E-state index contributed by atoms with van der Waals surface area (Å²) < 4.78 is 5.06. The van der Waals surface area contributed by atoms with Crippen molar-refractivity contribution < 1.29 is 4.52 Å². The fraction of sp³-hybridized carbons (Fsp3) is 0.778. The minimum Gasteiger partial charge on any atom is -0.338 e. The topological polar surface area (TPSA) is 64.9 Å². The van der Waals surface area contributed by atoms with Gasteiger partial charge in [0.25, 0.3) is 0 Å². The van der Waals surface area contributed by atoms with E-state index in [1.54, 1.807) is 0 Å². The van der Waals surface area contributed by atoms with E-state index in [-0.39, 0.29) is 6.04 Å². The van der Waals surface area contributed by atoms with Crippen molar-refractivity contribution in [3.63, 3.8) is 0 Å². The van der Waals surface area contributed by atoms with E-state index in [4.69, 9.17) is 10.3 Å². The first-order valence-corrected chi connectivity index (χ1v) is 4.87. The summed E-state index contributed by atoms with van der Waals surface area (Å²) in [6.45, 7) is 2.01. The summed E-state index contributed by atoms with van der Waals surface area (Å²) in [5.41, 5.74) is 5.76. The molecular formula is C9H15N3O. The SMILES string of the molecule is CC[C@H](N)c1nc(CC2CC2)no1. The number of aromatic nitrogens is 2. The van der Waals surface area contributed by atoms with Gasteiger partial charge in [0.1, 0.15) is 0 Å². The van der Waals surface area contributed by atoms with Crippen LogP contribution < -0.4 is 5.73 Å². The Labute approximate surface area is 77.5 Å². The van der Waals surface area contributed by atoms with Crippen LogP contribution in [0, 0.1) is 5.92 Å². The van der Waals surface area contributed by atoms with Crippen molar-refractivity contribution in [2.45, 2.75) is 38.6 Å². The molecule has 0 saturated heterocycles. The highest BCUT2D eigenvalue weighted by atomic mass is 16.5. The van der Waals surface area contributed by atoms with Gasteiger partial charge in [0.15, 0.2) is 5.82 Å². The van der Waals surface area contributed by atoms with E-state index < -0.39 is 0 Å². The van der Waals surface area contributed by atoms with Crippen LogP contribution >= 0.6 is 0 Å². The molecule has 1 saturated carbocycles. The molecule has 1 aliphatic rings. The van der Waals surface area contributed by atoms with Gasteiger partial charge in [-0.25, -0.2) is 0 Å². The lowest BCUT2D eigenvalue weighted by Crippen LogP contribution is -2.08. The molecule has 2 N–H and O–H groups in total. The zero-order valence-electron chi connectivity index (χ0n) is 7.86. The van der Waals surface area contributed by atoms with Gasteiger partial charge >= 0.3 is 0 Å².